The molecule has 0 bridgehead atoms. The van der Waals surface area contributed by atoms with Crippen LogP contribution in [0.3, 0.4) is 0 Å². The van der Waals surface area contributed by atoms with E-state index in [1.807, 2.05) is 30.4 Å². The van der Waals surface area contributed by atoms with Gasteiger partial charge in [-0.3, -0.25) is 9.89 Å². The molecule has 24 heavy (non-hydrogen) atoms. The van der Waals surface area contributed by atoms with Crippen LogP contribution in [0.25, 0.3) is 0 Å². The van der Waals surface area contributed by atoms with Crippen molar-refractivity contribution in [2.75, 3.05) is 46.0 Å². The summed E-state index contributed by atoms with van der Waals surface area (Å²) < 4.78 is 1.16. The predicted molar refractivity (Wildman–Crippen MR) is 117 cm³/mol. The van der Waals surface area contributed by atoms with E-state index in [-0.39, 0.29) is 24.0 Å². The second-order valence-electron chi connectivity index (χ2n) is 5.78. The molecule has 0 aliphatic carbocycles. The van der Waals surface area contributed by atoms with E-state index in [4.69, 9.17) is 0 Å². The summed E-state index contributed by atoms with van der Waals surface area (Å²) in [7, 11) is 4.02. The van der Waals surface area contributed by atoms with Crippen LogP contribution in [0.2, 0.25) is 0 Å². The first-order chi connectivity index (χ1) is 11.2. The molecule has 1 atom stereocenters. The zero-order valence-corrected chi connectivity index (χ0v) is 18.9. The molecule has 1 aliphatic heterocycles. The minimum absolute atomic E-state index is 0. The first-order valence-electron chi connectivity index (χ1n) is 8.42. The number of likely N-dealkylation sites (N-methyl/N-ethyl adjacent to an activating group) is 2. The number of aromatic nitrogens is 1. The lowest BCUT2D eigenvalue weighted by Crippen LogP contribution is -2.46. The molecule has 1 aliphatic rings. The van der Waals surface area contributed by atoms with Crippen LogP contribution >= 0.6 is 47.1 Å². The molecular formula is C16H30IN5S2. The van der Waals surface area contributed by atoms with Crippen LogP contribution < -0.4 is 5.32 Å². The standard InChI is InChI=1S/C16H29N5S2.HI/c1-4-21-10-5-7-14(21)13-20(3)15(17-2)18-8-6-11-22-16-19-9-12-23-16;/h9,12,14H,4-8,10-11,13H2,1-3H3,(H,17,18);1H. The number of aliphatic imine (C=N–C) groups is 1. The Morgan fingerprint density at radius 3 is 3.08 bits per heavy atom. The molecule has 0 saturated carbocycles. The van der Waals surface area contributed by atoms with Crippen molar-refractivity contribution in [2.24, 2.45) is 4.99 Å². The Kier molecular flexibility index (Phi) is 11.3. The smallest absolute Gasteiger partial charge is 0.193 e. The predicted octanol–water partition coefficient (Wildman–Crippen LogP) is 3.23. The summed E-state index contributed by atoms with van der Waals surface area (Å²) in [4.78, 5) is 13.6. The molecule has 2 heterocycles. The van der Waals surface area contributed by atoms with Gasteiger partial charge >= 0.3 is 0 Å². The number of rotatable bonds is 8. The Labute approximate surface area is 171 Å². The van der Waals surface area contributed by atoms with Gasteiger partial charge in [-0.05, 0) is 32.4 Å². The SMILES string of the molecule is CCN1CCCC1CN(C)C(=NC)NCCCSc1nccs1.I. The van der Waals surface area contributed by atoms with Gasteiger partial charge in [0.2, 0.25) is 0 Å². The fourth-order valence-corrected chi connectivity index (χ4v) is 4.67. The highest BCUT2D eigenvalue weighted by Gasteiger charge is 2.24. The van der Waals surface area contributed by atoms with Crippen molar-refractivity contribution in [3.05, 3.63) is 11.6 Å². The van der Waals surface area contributed by atoms with Gasteiger partial charge in [0.25, 0.3) is 0 Å². The van der Waals surface area contributed by atoms with Crippen LogP contribution in [0, 0.1) is 0 Å². The van der Waals surface area contributed by atoms with Crippen LogP contribution in [-0.2, 0) is 0 Å². The number of nitrogens with one attached hydrogen (secondary N) is 1. The van der Waals surface area contributed by atoms with Gasteiger partial charge < -0.3 is 10.2 Å². The maximum Gasteiger partial charge on any atom is 0.193 e. The van der Waals surface area contributed by atoms with E-state index in [0.29, 0.717) is 6.04 Å². The highest BCUT2D eigenvalue weighted by Crippen LogP contribution is 2.20. The molecule has 0 radical (unpaired) electrons. The van der Waals surface area contributed by atoms with E-state index >= 15 is 0 Å². The fraction of sp³-hybridized carbons (Fsp3) is 0.750. The van der Waals surface area contributed by atoms with Crippen molar-refractivity contribution in [1.29, 1.82) is 0 Å². The molecule has 8 heteroatoms. The minimum atomic E-state index is 0. The Morgan fingerprint density at radius 2 is 2.42 bits per heavy atom. The first-order valence-corrected chi connectivity index (χ1v) is 10.3. The number of hydrogen-bond donors (Lipinski definition) is 1. The highest BCUT2D eigenvalue weighted by atomic mass is 127. The second-order valence-corrected chi connectivity index (χ2v) is 8.02. The summed E-state index contributed by atoms with van der Waals surface area (Å²) >= 11 is 3.54. The van der Waals surface area contributed by atoms with Crippen LogP contribution in [0.15, 0.2) is 20.9 Å². The molecule has 1 aromatic rings. The van der Waals surface area contributed by atoms with E-state index in [0.717, 1.165) is 42.1 Å². The molecule has 1 saturated heterocycles. The molecule has 2 rings (SSSR count). The zero-order chi connectivity index (χ0) is 16.5. The third kappa shape index (κ3) is 7.05. The third-order valence-electron chi connectivity index (χ3n) is 4.20. The fourth-order valence-electron chi connectivity index (χ4n) is 3.02. The third-order valence-corrected chi connectivity index (χ3v) is 6.25. The quantitative estimate of drug-likeness (QED) is 0.202. The Morgan fingerprint density at radius 1 is 1.58 bits per heavy atom. The van der Waals surface area contributed by atoms with E-state index in [1.165, 1.54) is 19.4 Å². The summed E-state index contributed by atoms with van der Waals surface area (Å²) in [6, 6.07) is 0.670. The summed E-state index contributed by atoms with van der Waals surface area (Å²) in [5, 5.41) is 5.51. The largest absolute Gasteiger partial charge is 0.356 e. The normalized spacial score (nSPS) is 18.5. The van der Waals surface area contributed by atoms with Crippen molar-refractivity contribution < 1.29 is 0 Å². The molecule has 1 unspecified atom stereocenters. The molecule has 1 aromatic heterocycles. The van der Waals surface area contributed by atoms with Gasteiger partial charge in [0.05, 0.1) is 0 Å². The lowest BCUT2D eigenvalue weighted by molar-refractivity contribution is 0.233. The minimum Gasteiger partial charge on any atom is -0.356 e. The number of likely N-dealkylation sites (tertiary alicyclic amines) is 1. The van der Waals surface area contributed by atoms with E-state index in [9.17, 15) is 0 Å². The van der Waals surface area contributed by atoms with Crippen molar-refractivity contribution in [1.82, 2.24) is 20.1 Å². The second kappa shape index (κ2) is 12.3. The molecule has 0 spiro atoms. The molecule has 5 nitrogen and oxygen atoms in total. The maximum atomic E-state index is 4.42. The lowest BCUT2D eigenvalue weighted by Gasteiger charge is -2.29. The summed E-state index contributed by atoms with van der Waals surface area (Å²) in [6.45, 7) is 6.66. The molecule has 0 aromatic carbocycles. The van der Waals surface area contributed by atoms with Gasteiger partial charge in [-0.25, -0.2) is 4.98 Å². The summed E-state index contributed by atoms with van der Waals surface area (Å²) in [6.07, 6.45) is 5.61. The topological polar surface area (TPSA) is 43.8 Å². The van der Waals surface area contributed by atoms with Crippen LogP contribution in [-0.4, -0.2) is 72.8 Å². The monoisotopic (exact) mass is 483 g/mol. The Hall–Kier alpha value is -0.0600. The average Bonchev–Trinajstić information content (AvgIpc) is 3.22. The molecule has 1 N–H and O–H groups in total. The summed E-state index contributed by atoms with van der Waals surface area (Å²) in [5.74, 6) is 2.10. The molecule has 138 valence electrons. The zero-order valence-electron chi connectivity index (χ0n) is 14.9. The molecule has 0 amide bonds. The number of hydrogen-bond acceptors (Lipinski definition) is 5. The van der Waals surface area contributed by atoms with E-state index in [1.54, 1.807) is 11.3 Å². The van der Waals surface area contributed by atoms with Crippen LogP contribution in [0.5, 0.6) is 0 Å². The number of guanidine groups is 1. The number of halogens is 1. The van der Waals surface area contributed by atoms with Crippen LogP contribution in [0.1, 0.15) is 26.2 Å². The van der Waals surface area contributed by atoms with Crippen molar-refractivity contribution >= 4 is 53.0 Å². The van der Waals surface area contributed by atoms with Gasteiger partial charge in [0.15, 0.2) is 5.96 Å². The lowest BCUT2D eigenvalue weighted by atomic mass is 10.2. The molecular weight excluding hydrogens is 453 g/mol. The van der Waals surface area contributed by atoms with Gasteiger partial charge in [-0.2, -0.15) is 0 Å². The van der Waals surface area contributed by atoms with Crippen molar-refractivity contribution in [3.8, 4) is 0 Å². The van der Waals surface area contributed by atoms with E-state index < -0.39 is 0 Å². The van der Waals surface area contributed by atoms with Crippen molar-refractivity contribution in [2.45, 2.75) is 36.6 Å². The number of nitrogens with zero attached hydrogens (tertiary/aromatic N) is 4. The van der Waals surface area contributed by atoms with Crippen LogP contribution in [0.4, 0.5) is 0 Å². The van der Waals surface area contributed by atoms with Gasteiger partial charge in [-0.15, -0.1) is 35.3 Å². The first kappa shape index (κ1) is 22.0. The van der Waals surface area contributed by atoms with Gasteiger partial charge in [0, 0.05) is 50.6 Å². The number of thioether (sulfide) groups is 1. The maximum absolute atomic E-state index is 4.42. The highest BCUT2D eigenvalue weighted by molar-refractivity contribution is 14.0. The van der Waals surface area contributed by atoms with Gasteiger partial charge in [-0.1, -0.05) is 18.7 Å². The average molecular weight is 483 g/mol. The van der Waals surface area contributed by atoms with Gasteiger partial charge in [0.1, 0.15) is 4.34 Å². The van der Waals surface area contributed by atoms with Crippen molar-refractivity contribution in [3.63, 3.8) is 0 Å². The Balaban J connectivity index is 0.00000288. The number of thiazole rings is 1. The van der Waals surface area contributed by atoms with E-state index in [2.05, 4.69) is 39.1 Å². The molecule has 1 fully saturated rings. The summed E-state index contributed by atoms with van der Waals surface area (Å²) in [5.41, 5.74) is 0. The Bertz CT molecular complexity index is 469.